The lowest BCUT2D eigenvalue weighted by atomic mass is 9.87. The fourth-order valence-electron chi connectivity index (χ4n) is 2.27. The molecule has 0 amide bonds. The maximum atomic E-state index is 5.74. The van der Waals surface area contributed by atoms with Crippen molar-refractivity contribution in [1.29, 1.82) is 0 Å². The highest BCUT2D eigenvalue weighted by atomic mass is 14.5. The molecular weight excluding hydrogens is 220 g/mol. The van der Waals surface area contributed by atoms with Gasteiger partial charge in [-0.3, -0.25) is 0 Å². The second kappa shape index (κ2) is 5.58. The quantitative estimate of drug-likeness (QED) is 0.799. The van der Waals surface area contributed by atoms with Crippen LogP contribution in [0.3, 0.4) is 0 Å². The fraction of sp³-hybridized carbons (Fsp3) is 0.250. The van der Waals surface area contributed by atoms with Crippen LogP contribution < -0.4 is 11.5 Å². The molecule has 18 heavy (non-hydrogen) atoms. The Kier molecular flexibility index (Phi) is 3.88. The largest absolute Gasteiger partial charge is 0.399 e. The molecule has 4 N–H and O–H groups in total. The third-order valence-electron chi connectivity index (χ3n) is 3.26. The molecule has 0 fully saturated rings. The van der Waals surface area contributed by atoms with Crippen LogP contribution in [0, 0.1) is 0 Å². The van der Waals surface area contributed by atoms with E-state index in [1.165, 1.54) is 11.1 Å². The van der Waals surface area contributed by atoms with Crippen molar-refractivity contribution < 1.29 is 0 Å². The molecule has 0 radical (unpaired) electrons. The van der Waals surface area contributed by atoms with Crippen LogP contribution in [0.15, 0.2) is 48.5 Å². The Labute approximate surface area is 109 Å². The minimum Gasteiger partial charge on any atom is -0.399 e. The van der Waals surface area contributed by atoms with E-state index in [0.717, 1.165) is 24.2 Å². The summed E-state index contributed by atoms with van der Waals surface area (Å²) in [6.45, 7) is 2.21. The summed E-state index contributed by atoms with van der Waals surface area (Å²) in [5.74, 6) is 0.427. The lowest BCUT2D eigenvalue weighted by Gasteiger charge is -2.17. The third kappa shape index (κ3) is 2.83. The molecule has 94 valence electrons. The first-order valence-electron chi connectivity index (χ1n) is 6.41. The van der Waals surface area contributed by atoms with Gasteiger partial charge in [0.1, 0.15) is 0 Å². The van der Waals surface area contributed by atoms with Gasteiger partial charge in [-0.15, -0.1) is 0 Å². The highest BCUT2D eigenvalue weighted by Gasteiger charge is 2.12. The number of anilines is 2. The summed E-state index contributed by atoms with van der Waals surface area (Å²) in [4.78, 5) is 0. The molecule has 0 aliphatic carbocycles. The van der Waals surface area contributed by atoms with E-state index in [2.05, 4.69) is 31.2 Å². The smallest absolute Gasteiger partial charge is 0.0314 e. The Morgan fingerprint density at radius 3 is 1.50 bits per heavy atom. The van der Waals surface area contributed by atoms with Crippen LogP contribution in [0.25, 0.3) is 0 Å². The molecule has 0 heterocycles. The van der Waals surface area contributed by atoms with Crippen molar-refractivity contribution in [2.24, 2.45) is 0 Å². The lowest BCUT2D eigenvalue weighted by molar-refractivity contribution is 0.698. The van der Waals surface area contributed by atoms with E-state index in [-0.39, 0.29) is 0 Å². The van der Waals surface area contributed by atoms with Gasteiger partial charge >= 0.3 is 0 Å². The summed E-state index contributed by atoms with van der Waals surface area (Å²) in [5.41, 5.74) is 15.7. The zero-order chi connectivity index (χ0) is 13.0. The monoisotopic (exact) mass is 240 g/mol. The number of rotatable bonds is 4. The minimum atomic E-state index is 0.427. The SMILES string of the molecule is CCCC(c1ccc(N)cc1)c1ccc(N)cc1. The second-order valence-electron chi connectivity index (χ2n) is 4.67. The molecule has 0 aliphatic heterocycles. The summed E-state index contributed by atoms with van der Waals surface area (Å²) in [7, 11) is 0. The van der Waals surface area contributed by atoms with Crippen LogP contribution in [0.4, 0.5) is 11.4 Å². The Bertz CT molecular complexity index is 440. The normalized spacial score (nSPS) is 10.8. The molecule has 0 saturated carbocycles. The molecule has 0 saturated heterocycles. The van der Waals surface area contributed by atoms with Gasteiger partial charge in [-0.25, -0.2) is 0 Å². The van der Waals surface area contributed by atoms with Gasteiger partial charge in [-0.2, -0.15) is 0 Å². The molecule has 0 bridgehead atoms. The van der Waals surface area contributed by atoms with Gasteiger partial charge in [0.15, 0.2) is 0 Å². The van der Waals surface area contributed by atoms with Gasteiger partial charge < -0.3 is 11.5 Å². The molecule has 2 aromatic carbocycles. The van der Waals surface area contributed by atoms with Gasteiger partial charge in [0.2, 0.25) is 0 Å². The standard InChI is InChI=1S/C16H20N2/c1-2-3-16(12-4-8-14(17)9-5-12)13-6-10-15(18)11-7-13/h4-11,16H,2-3,17-18H2,1H3. The van der Waals surface area contributed by atoms with Gasteiger partial charge in [-0.05, 0) is 41.8 Å². The Morgan fingerprint density at radius 2 is 1.17 bits per heavy atom. The predicted octanol–water partition coefficient (Wildman–Crippen LogP) is 3.78. The molecule has 0 atom stereocenters. The molecular formula is C16H20N2. The van der Waals surface area contributed by atoms with Crippen LogP contribution in [0.1, 0.15) is 36.8 Å². The van der Waals surface area contributed by atoms with Crippen molar-refractivity contribution in [1.82, 2.24) is 0 Å². The Morgan fingerprint density at radius 1 is 0.778 bits per heavy atom. The second-order valence-corrected chi connectivity index (χ2v) is 4.67. The number of hydrogen-bond donors (Lipinski definition) is 2. The van der Waals surface area contributed by atoms with E-state index in [0.29, 0.717) is 5.92 Å². The highest BCUT2D eigenvalue weighted by molar-refractivity contribution is 5.45. The van der Waals surface area contributed by atoms with Crippen molar-refractivity contribution in [2.45, 2.75) is 25.7 Å². The Balaban J connectivity index is 2.33. The van der Waals surface area contributed by atoms with Crippen LogP contribution in [0.2, 0.25) is 0 Å². The maximum Gasteiger partial charge on any atom is 0.0314 e. The summed E-state index contributed by atoms with van der Waals surface area (Å²) in [5, 5.41) is 0. The molecule has 2 heteroatoms. The first kappa shape index (κ1) is 12.5. The van der Waals surface area contributed by atoms with Crippen LogP contribution in [0.5, 0.6) is 0 Å². The highest BCUT2D eigenvalue weighted by Crippen LogP contribution is 2.30. The summed E-state index contributed by atoms with van der Waals surface area (Å²) in [6, 6.07) is 16.3. The van der Waals surface area contributed by atoms with Gasteiger partial charge in [0.05, 0.1) is 0 Å². The fourth-order valence-corrected chi connectivity index (χ4v) is 2.27. The number of benzene rings is 2. The van der Waals surface area contributed by atoms with E-state index < -0.39 is 0 Å². The summed E-state index contributed by atoms with van der Waals surface area (Å²) >= 11 is 0. The third-order valence-corrected chi connectivity index (χ3v) is 3.26. The van der Waals surface area contributed by atoms with E-state index in [1.54, 1.807) is 0 Å². The summed E-state index contributed by atoms with van der Waals surface area (Å²) < 4.78 is 0. The van der Waals surface area contributed by atoms with Crippen molar-refractivity contribution >= 4 is 11.4 Å². The van der Waals surface area contributed by atoms with Gasteiger partial charge in [0.25, 0.3) is 0 Å². The van der Waals surface area contributed by atoms with Crippen LogP contribution in [-0.2, 0) is 0 Å². The average Bonchev–Trinajstić information content (AvgIpc) is 2.39. The molecule has 2 nitrogen and oxygen atoms in total. The molecule has 0 spiro atoms. The van der Waals surface area contributed by atoms with Crippen LogP contribution in [-0.4, -0.2) is 0 Å². The minimum absolute atomic E-state index is 0.427. The molecule has 2 aromatic rings. The van der Waals surface area contributed by atoms with Crippen molar-refractivity contribution in [3.05, 3.63) is 59.7 Å². The topological polar surface area (TPSA) is 52.0 Å². The van der Waals surface area contributed by atoms with E-state index >= 15 is 0 Å². The summed E-state index contributed by atoms with van der Waals surface area (Å²) in [6.07, 6.45) is 2.28. The predicted molar refractivity (Wildman–Crippen MR) is 78.5 cm³/mol. The number of hydrogen-bond acceptors (Lipinski definition) is 2. The lowest BCUT2D eigenvalue weighted by Crippen LogP contribution is -2.01. The van der Waals surface area contributed by atoms with Crippen molar-refractivity contribution in [3.63, 3.8) is 0 Å². The van der Waals surface area contributed by atoms with E-state index in [1.807, 2.05) is 24.3 Å². The number of nitrogens with two attached hydrogens (primary N) is 2. The Hall–Kier alpha value is -1.96. The zero-order valence-electron chi connectivity index (χ0n) is 10.8. The van der Waals surface area contributed by atoms with Gasteiger partial charge in [0, 0.05) is 17.3 Å². The van der Waals surface area contributed by atoms with E-state index in [4.69, 9.17) is 11.5 Å². The van der Waals surface area contributed by atoms with Crippen molar-refractivity contribution in [3.8, 4) is 0 Å². The first-order chi connectivity index (χ1) is 8.70. The maximum absolute atomic E-state index is 5.74. The molecule has 0 unspecified atom stereocenters. The molecule has 0 aliphatic rings. The molecule has 0 aromatic heterocycles. The first-order valence-corrected chi connectivity index (χ1v) is 6.41. The van der Waals surface area contributed by atoms with Gasteiger partial charge in [-0.1, -0.05) is 37.6 Å². The van der Waals surface area contributed by atoms with Crippen molar-refractivity contribution in [2.75, 3.05) is 11.5 Å². The average molecular weight is 240 g/mol. The van der Waals surface area contributed by atoms with Crippen LogP contribution >= 0.6 is 0 Å². The van der Waals surface area contributed by atoms with E-state index in [9.17, 15) is 0 Å². The molecule has 2 rings (SSSR count). The number of nitrogen functional groups attached to an aromatic ring is 2. The zero-order valence-corrected chi connectivity index (χ0v) is 10.8.